The molecule has 0 saturated carbocycles. The van der Waals surface area contributed by atoms with Gasteiger partial charge in [0.25, 0.3) is 0 Å². The van der Waals surface area contributed by atoms with Crippen LogP contribution in [0.4, 0.5) is 5.69 Å². The summed E-state index contributed by atoms with van der Waals surface area (Å²) in [6, 6.07) is 9.36. The molecule has 2 heterocycles. The molecular weight excluding hydrogens is 268 g/mol. The van der Waals surface area contributed by atoms with Crippen molar-refractivity contribution in [2.24, 2.45) is 5.73 Å². The number of nitrogens with two attached hydrogens (primary N) is 1. The maximum absolute atomic E-state index is 12.4. The molecule has 1 saturated heterocycles. The molecule has 1 fully saturated rings. The molecule has 6 heteroatoms. The van der Waals surface area contributed by atoms with Crippen LogP contribution in [0.3, 0.4) is 0 Å². The minimum absolute atomic E-state index is 0.164. The topological polar surface area (TPSA) is 82.2 Å². The number of benzene rings is 1. The van der Waals surface area contributed by atoms with Crippen LogP contribution in [0.15, 0.2) is 42.7 Å². The quantitative estimate of drug-likeness (QED) is 0.891. The van der Waals surface area contributed by atoms with Gasteiger partial charge in [-0.15, -0.1) is 0 Å². The predicted molar refractivity (Wildman–Crippen MR) is 79.2 cm³/mol. The molecule has 1 aliphatic heterocycles. The number of aromatic nitrogens is 2. The van der Waals surface area contributed by atoms with Gasteiger partial charge < -0.3 is 15.8 Å². The van der Waals surface area contributed by atoms with Crippen LogP contribution >= 0.6 is 0 Å². The van der Waals surface area contributed by atoms with E-state index in [4.69, 9.17) is 10.5 Å². The lowest BCUT2D eigenvalue weighted by atomic mass is 9.90. The zero-order chi connectivity index (χ0) is 14.7. The van der Waals surface area contributed by atoms with Crippen LogP contribution < -0.4 is 11.1 Å². The number of hydrogen-bond acceptors (Lipinski definition) is 4. The molecule has 2 aromatic rings. The van der Waals surface area contributed by atoms with E-state index in [1.807, 2.05) is 36.5 Å². The van der Waals surface area contributed by atoms with Gasteiger partial charge in [0.05, 0.1) is 5.69 Å². The Morgan fingerprint density at radius 3 is 2.86 bits per heavy atom. The molecule has 0 bridgehead atoms. The number of carbonyl (C=O) groups is 1. The first-order chi connectivity index (χ1) is 10.2. The molecule has 21 heavy (non-hydrogen) atoms. The lowest BCUT2D eigenvalue weighted by molar-refractivity contribution is -0.124. The van der Waals surface area contributed by atoms with Crippen molar-refractivity contribution in [3.05, 3.63) is 42.7 Å². The van der Waals surface area contributed by atoms with E-state index in [0.29, 0.717) is 31.7 Å². The molecule has 110 valence electrons. The summed E-state index contributed by atoms with van der Waals surface area (Å²) >= 11 is 0. The van der Waals surface area contributed by atoms with Gasteiger partial charge in [-0.2, -0.15) is 5.10 Å². The number of amides is 1. The van der Waals surface area contributed by atoms with E-state index < -0.39 is 5.54 Å². The average Bonchev–Trinajstić information content (AvgIpc) is 3.02. The number of nitrogens with zero attached hydrogens (tertiary/aromatic N) is 2. The summed E-state index contributed by atoms with van der Waals surface area (Å²) in [5.41, 5.74) is 6.92. The SMILES string of the molecule is NC1(C(=O)Nc2cccc(-n3cccn3)c2)CCOCC1. The van der Waals surface area contributed by atoms with E-state index in [1.54, 1.807) is 10.9 Å². The second-order valence-electron chi connectivity index (χ2n) is 5.22. The Hall–Kier alpha value is -2.18. The van der Waals surface area contributed by atoms with E-state index in [2.05, 4.69) is 10.4 Å². The second-order valence-corrected chi connectivity index (χ2v) is 5.22. The van der Waals surface area contributed by atoms with Gasteiger partial charge in [-0.3, -0.25) is 4.79 Å². The van der Waals surface area contributed by atoms with E-state index in [1.165, 1.54) is 0 Å². The summed E-state index contributed by atoms with van der Waals surface area (Å²) in [6.45, 7) is 1.05. The van der Waals surface area contributed by atoms with Crippen LogP contribution in [0.25, 0.3) is 5.69 Å². The summed E-state index contributed by atoms with van der Waals surface area (Å²) < 4.78 is 7.00. The highest BCUT2D eigenvalue weighted by molar-refractivity contribution is 5.98. The zero-order valence-corrected chi connectivity index (χ0v) is 11.7. The van der Waals surface area contributed by atoms with Crippen molar-refractivity contribution < 1.29 is 9.53 Å². The monoisotopic (exact) mass is 286 g/mol. The Bertz CT molecular complexity index is 618. The molecule has 0 spiro atoms. The fourth-order valence-corrected chi connectivity index (χ4v) is 2.37. The number of rotatable bonds is 3. The summed E-state index contributed by atoms with van der Waals surface area (Å²) in [7, 11) is 0. The van der Waals surface area contributed by atoms with Crippen LogP contribution in [0, 0.1) is 0 Å². The van der Waals surface area contributed by atoms with Crippen molar-refractivity contribution in [3.63, 3.8) is 0 Å². The Balaban J connectivity index is 1.76. The van der Waals surface area contributed by atoms with Crippen LogP contribution in [0.2, 0.25) is 0 Å². The summed E-state index contributed by atoms with van der Waals surface area (Å²) in [5, 5.41) is 7.07. The van der Waals surface area contributed by atoms with Crippen LogP contribution in [-0.4, -0.2) is 34.4 Å². The van der Waals surface area contributed by atoms with Crippen molar-refractivity contribution in [1.29, 1.82) is 0 Å². The van der Waals surface area contributed by atoms with Crippen molar-refractivity contribution in [2.75, 3.05) is 18.5 Å². The normalized spacial score (nSPS) is 17.4. The van der Waals surface area contributed by atoms with Crippen molar-refractivity contribution in [2.45, 2.75) is 18.4 Å². The molecule has 0 atom stereocenters. The van der Waals surface area contributed by atoms with Crippen LogP contribution in [0.5, 0.6) is 0 Å². The first-order valence-corrected chi connectivity index (χ1v) is 6.96. The van der Waals surface area contributed by atoms with Gasteiger partial charge >= 0.3 is 0 Å². The maximum atomic E-state index is 12.4. The highest BCUT2D eigenvalue weighted by Gasteiger charge is 2.35. The Morgan fingerprint density at radius 2 is 2.14 bits per heavy atom. The molecule has 1 amide bonds. The van der Waals surface area contributed by atoms with Gasteiger partial charge in [0, 0.05) is 31.3 Å². The molecule has 3 N–H and O–H groups in total. The molecular formula is C15H18N4O2. The second kappa shape index (κ2) is 5.67. The average molecular weight is 286 g/mol. The standard InChI is InChI=1S/C15H18N4O2/c16-15(5-9-21-10-6-15)14(20)18-12-3-1-4-13(11-12)19-8-2-7-17-19/h1-4,7-8,11H,5-6,9-10,16H2,(H,18,20). The van der Waals surface area contributed by atoms with Gasteiger partial charge in [-0.25, -0.2) is 4.68 Å². The molecule has 1 aromatic heterocycles. The summed E-state index contributed by atoms with van der Waals surface area (Å²) in [5.74, 6) is -0.164. The number of anilines is 1. The van der Waals surface area contributed by atoms with Gasteiger partial charge in [-0.05, 0) is 37.1 Å². The Labute approximate surface area is 122 Å². The third-order valence-electron chi connectivity index (χ3n) is 3.71. The van der Waals surface area contributed by atoms with E-state index in [0.717, 1.165) is 5.69 Å². The first-order valence-electron chi connectivity index (χ1n) is 6.96. The molecule has 1 aliphatic rings. The van der Waals surface area contributed by atoms with Gasteiger partial charge in [0.2, 0.25) is 5.91 Å². The zero-order valence-electron chi connectivity index (χ0n) is 11.7. The van der Waals surface area contributed by atoms with E-state index in [-0.39, 0.29) is 5.91 Å². The fraction of sp³-hybridized carbons (Fsp3) is 0.333. The highest BCUT2D eigenvalue weighted by atomic mass is 16.5. The summed E-state index contributed by atoms with van der Waals surface area (Å²) in [6.07, 6.45) is 4.64. The molecule has 3 rings (SSSR count). The highest BCUT2D eigenvalue weighted by Crippen LogP contribution is 2.21. The van der Waals surface area contributed by atoms with Gasteiger partial charge in [0.1, 0.15) is 5.54 Å². The minimum Gasteiger partial charge on any atom is -0.381 e. The third-order valence-corrected chi connectivity index (χ3v) is 3.71. The Morgan fingerprint density at radius 1 is 1.33 bits per heavy atom. The molecule has 0 unspecified atom stereocenters. The smallest absolute Gasteiger partial charge is 0.244 e. The molecule has 0 aliphatic carbocycles. The number of ether oxygens (including phenoxy) is 1. The molecule has 1 aromatic carbocycles. The predicted octanol–water partition coefficient (Wildman–Crippen LogP) is 1.32. The summed E-state index contributed by atoms with van der Waals surface area (Å²) in [4.78, 5) is 12.4. The van der Waals surface area contributed by atoms with E-state index >= 15 is 0 Å². The number of hydrogen-bond donors (Lipinski definition) is 2. The first kappa shape index (κ1) is 13.8. The maximum Gasteiger partial charge on any atom is 0.244 e. The molecule has 6 nitrogen and oxygen atoms in total. The number of nitrogens with one attached hydrogen (secondary N) is 1. The van der Waals surface area contributed by atoms with Gasteiger partial charge in [-0.1, -0.05) is 6.07 Å². The van der Waals surface area contributed by atoms with E-state index in [9.17, 15) is 4.79 Å². The van der Waals surface area contributed by atoms with Crippen molar-refractivity contribution >= 4 is 11.6 Å². The molecule has 0 radical (unpaired) electrons. The van der Waals surface area contributed by atoms with Crippen molar-refractivity contribution in [1.82, 2.24) is 9.78 Å². The van der Waals surface area contributed by atoms with Crippen molar-refractivity contribution in [3.8, 4) is 5.69 Å². The lowest BCUT2D eigenvalue weighted by Gasteiger charge is -2.31. The largest absolute Gasteiger partial charge is 0.381 e. The van der Waals surface area contributed by atoms with Crippen LogP contribution in [0.1, 0.15) is 12.8 Å². The number of carbonyl (C=O) groups excluding carboxylic acids is 1. The lowest BCUT2D eigenvalue weighted by Crippen LogP contribution is -2.54. The Kier molecular flexibility index (Phi) is 3.72. The van der Waals surface area contributed by atoms with Gasteiger partial charge in [0.15, 0.2) is 0 Å². The fourth-order valence-electron chi connectivity index (χ4n) is 2.37. The minimum atomic E-state index is -0.847. The third kappa shape index (κ3) is 2.96. The van der Waals surface area contributed by atoms with Crippen LogP contribution in [-0.2, 0) is 9.53 Å².